The fourth-order valence-electron chi connectivity index (χ4n) is 2.99. The van der Waals surface area contributed by atoms with Crippen LogP contribution in [0.1, 0.15) is 38.5 Å². The Morgan fingerprint density at radius 2 is 1.33 bits per heavy atom. The van der Waals surface area contributed by atoms with E-state index in [9.17, 15) is 0 Å². The second kappa shape index (κ2) is 7.05. The third kappa shape index (κ3) is 4.37. The standard InChI is InChI=1S/C14H26Si/c1-3-5-7-11-15(12-8-6-4-2)13-9-10-14-15/h3-4H,1-2,5-14H2. The molecule has 0 nitrogen and oxygen atoms in total. The van der Waals surface area contributed by atoms with Crippen molar-refractivity contribution >= 4 is 8.07 Å². The summed E-state index contributed by atoms with van der Waals surface area (Å²) in [6.45, 7) is 7.65. The molecule has 0 unspecified atom stereocenters. The lowest BCUT2D eigenvalue weighted by Crippen LogP contribution is -2.29. The van der Waals surface area contributed by atoms with Crippen LogP contribution in [-0.2, 0) is 0 Å². The maximum Gasteiger partial charge on any atom is 0.0536 e. The number of allylic oxidation sites excluding steroid dienone is 2. The van der Waals surface area contributed by atoms with Gasteiger partial charge >= 0.3 is 0 Å². The molecule has 0 aromatic carbocycles. The highest BCUT2D eigenvalue weighted by molar-refractivity contribution is 6.80. The highest BCUT2D eigenvalue weighted by Crippen LogP contribution is 2.39. The molecule has 0 amide bonds. The number of hydrogen-bond acceptors (Lipinski definition) is 0. The Labute approximate surface area is 96.5 Å². The van der Waals surface area contributed by atoms with Crippen molar-refractivity contribution in [2.24, 2.45) is 0 Å². The van der Waals surface area contributed by atoms with E-state index in [1.54, 1.807) is 24.2 Å². The normalized spacial score (nSPS) is 18.9. The van der Waals surface area contributed by atoms with Crippen LogP contribution in [0.3, 0.4) is 0 Å². The molecule has 1 fully saturated rings. The van der Waals surface area contributed by atoms with E-state index >= 15 is 0 Å². The molecule has 1 rings (SSSR count). The highest BCUT2D eigenvalue weighted by Gasteiger charge is 2.34. The largest absolute Gasteiger partial charge is 0.103 e. The molecule has 0 aromatic heterocycles. The van der Waals surface area contributed by atoms with Gasteiger partial charge in [-0.3, -0.25) is 0 Å². The maximum absolute atomic E-state index is 3.83. The van der Waals surface area contributed by atoms with Crippen molar-refractivity contribution in [3.8, 4) is 0 Å². The summed E-state index contributed by atoms with van der Waals surface area (Å²) in [4.78, 5) is 0. The summed E-state index contributed by atoms with van der Waals surface area (Å²) in [5.41, 5.74) is 0. The fourth-order valence-corrected chi connectivity index (χ4v) is 8.40. The summed E-state index contributed by atoms with van der Waals surface area (Å²) >= 11 is 0. The molecule has 1 saturated heterocycles. The quantitative estimate of drug-likeness (QED) is 0.302. The molecule has 0 bridgehead atoms. The van der Waals surface area contributed by atoms with Gasteiger partial charge in [0, 0.05) is 0 Å². The Morgan fingerprint density at radius 3 is 1.73 bits per heavy atom. The van der Waals surface area contributed by atoms with E-state index < -0.39 is 8.07 Å². The average molecular weight is 222 g/mol. The maximum atomic E-state index is 3.83. The first-order valence-corrected chi connectivity index (χ1v) is 9.38. The van der Waals surface area contributed by atoms with Crippen LogP contribution in [0.4, 0.5) is 0 Å². The van der Waals surface area contributed by atoms with Gasteiger partial charge < -0.3 is 0 Å². The number of rotatable bonds is 8. The average Bonchev–Trinajstić information content (AvgIpc) is 2.68. The lowest BCUT2D eigenvalue weighted by atomic mass is 10.3. The molecule has 0 N–H and O–H groups in total. The monoisotopic (exact) mass is 222 g/mol. The van der Waals surface area contributed by atoms with E-state index in [0.29, 0.717) is 0 Å². The van der Waals surface area contributed by atoms with Crippen molar-refractivity contribution in [1.82, 2.24) is 0 Å². The van der Waals surface area contributed by atoms with Gasteiger partial charge in [0.2, 0.25) is 0 Å². The van der Waals surface area contributed by atoms with E-state index in [0.717, 1.165) is 0 Å². The van der Waals surface area contributed by atoms with Crippen LogP contribution in [0.25, 0.3) is 0 Å². The minimum atomic E-state index is -0.802. The number of hydrogen-bond donors (Lipinski definition) is 0. The lowest BCUT2D eigenvalue weighted by molar-refractivity contribution is 0.878. The Kier molecular flexibility index (Phi) is 6.00. The summed E-state index contributed by atoms with van der Waals surface area (Å²) in [5, 5.41) is 0. The molecule has 1 heterocycles. The first-order chi connectivity index (χ1) is 7.33. The van der Waals surface area contributed by atoms with Gasteiger partial charge in [-0.25, -0.2) is 0 Å². The second-order valence-electron chi connectivity index (χ2n) is 5.07. The van der Waals surface area contributed by atoms with Crippen molar-refractivity contribution in [3.63, 3.8) is 0 Å². The van der Waals surface area contributed by atoms with Crippen LogP contribution in [0.5, 0.6) is 0 Å². The van der Waals surface area contributed by atoms with Gasteiger partial charge in [0.25, 0.3) is 0 Å². The molecular weight excluding hydrogens is 196 g/mol. The van der Waals surface area contributed by atoms with Gasteiger partial charge in [0.05, 0.1) is 8.07 Å². The predicted octanol–water partition coefficient (Wildman–Crippen LogP) is 5.16. The van der Waals surface area contributed by atoms with Crippen LogP contribution in [0, 0.1) is 0 Å². The molecule has 0 saturated carbocycles. The third-order valence-corrected chi connectivity index (χ3v) is 9.55. The summed E-state index contributed by atoms with van der Waals surface area (Å²) in [7, 11) is -0.802. The molecular formula is C14H26Si. The Morgan fingerprint density at radius 1 is 0.867 bits per heavy atom. The van der Waals surface area contributed by atoms with Crippen molar-refractivity contribution in [1.29, 1.82) is 0 Å². The summed E-state index contributed by atoms with van der Waals surface area (Å²) in [6.07, 6.45) is 12.5. The summed E-state index contributed by atoms with van der Waals surface area (Å²) in [5.74, 6) is 0. The van der Waals surface area contributed by atoms with Crippen LogP contribution in [0.15, 0.2) is 25.3 Å². The van der Waals surface area contributed by atoms with Gasteiger partial charge in [-0.1, -0.05) is 62.0 Å². The van der Waals surface area contributed by atoms with Gasteiger partial charge in [-0.05, 0) is 12.8 Å². The first-order valence-electron chi connectivity index (χ1n) is 6.55. The van der Waals surface area contributed by atoms with Crippen LogP contribution in [0.2, 0.25) is 24.2 Å². The third-order valence-electron chi connectivity index (χ3n) is 3.89. The van der Waals surface area contributed by atoms with Crippen LogP contribution < -0.4 is 0 Å². The Balaban J connectivity index is 2.31. The number of unbranched alkanes of at least 4 members (excludes halogenated alkanes) is 2. The minimum Gasteiger partial charge on any atom is -0.103 e. The van der Waals surface area contributed by atoms with Crippen molar-refractivity contribution in [2.75, 3.05) is 0 Å². The molecule has 0 aromatic rings. The van der Waals surface area contributed by atoms with Gasteiger partial charge in [-0.2, -0.15) is 0 Å². The van der Waals surface area contributed by atoms with Crippen LogP contribution >= 0.6 is 0 Å². The molecule has 0 spiro atoms. The molecule has 0 atom stereocenters. The van der Waals surface area contributed by atoms with Gasteiger partial charge in [0.1, 0.15) is 0 Å². The Bertz CT molecular complexity index is 174. The van der Waals surface area contributed by atoms with Crippen molar-refractivity contribution < 1.29 is 0 Å². The Hall–Kier alpha value is -0.303. The molecule has 15 heavy (non-hydrogen) atoms. The molecule has 86 valence electrons. The molecule has 0 aliphatic carbocycles. The molecule has 0 radical (unpaired) electrons. The first kappa shape index (κ1) is 12.8. The minimum absolute atomic E-state index is 0.802. The SMILES string of the molecule is C=CCCC[Si]1(CCCC=C)CCCC1. The lowest BCUT2D eigenvalue weighted by Gasteiger charge is -2.26. The highest BCUT2D eigenvalue weighted by atomic mass is 28.3. The smallest absolute Gasteiger partial charge is 0.0536 e. The zero-order chi connectivity index (χ0) is 11.0. The van der Waals surface area contributed by atoms with E-state index in [-0.39, 0.29) is 0 Å². The van der Waals surface area contributed by atoms with Crippen molar-refractivity contribution in [2.45, 2.75) is 62.7 Å². The van der Waals surface area contributed by atoms with E-state index in [2.05, 4.69) is 25.3 Å². The predicted molar refractivity (Wildman–Crippen MR) is 73.1 cm³/mol. The summed E-state index contributed by atoms with van der Waals surface area (Å²) < 4.78 is 0. The van der Waals surface area contributed by atoms with Gasteiger partial charge in [-0.15, -0.1) is 13.2 Å². The summed E-state index contributed by atoms with van der Waals surface area (Å²) in [6, 6.07) is 6.36. The molecule has 1 aliphatic rings. The fraction of sp³-hybridized carbons (Fsp3) is 0.714. The topological polar surface area (TPSA) is 0 Å². The van der Waals surface area contributed by atoms with E-state index in [4.69, 9.17) is 0 Å². The van der Waals surface area contributed by atoms with Gasteiger partial charge in [0.15, 0.2) is 0 Å². The van der Waals surface area contributed by atoms with Crippen LogP contribution in [-0.4, -0.2) is 8.07 Å². The molecule has 1 aliphatic heterocycles. The van der Waals surface area contributed by atoms with Crippen molar-refractivity contribution in [3.05, 3.63) is 25.3 Å². The van der Waals surface area contributed by atoms with E-state index in [1.807, 2.05) is 0 Å². The van der Waals surface area contributed by atoms with E-state index in [1.165, 1.54) is 38.5 Å². The molecule has 1 heteroatoms. The zero-order valence-electron chi connectivity index (χ0n) is 10.1. The zero-order valence-corrected chi connectivity index (χ0v) is 11.1. The second-order valence-corrected chi connectivity index (χ2v) is 10.1.